The number of hydrogen-bond donors (Lipinski definition) is 1. The van der Waals surface area contributed by atoms with Gasteiger partial charge < -0.3 is 15.0 Å². The summed E-state index contributed by atoms with van der Waals surface area (Å²) >= 11 is 0. The Morgan fingerprint density at radius 2 is 1.77 bits per heavy atom. The third-order valence-corrected chi connectivity index (χ3v) is 4.88. The average Bonchev–Trinajstić information content (AvgIpc) is 2.61. The fourth-order valence-electron chi connectivity index (χ4n) is 2.88. The molecule has 0 bridgehead atoms. The van der Waals surface area contributed by atoms with E-state index in [4.69, 9.17) is 4.74 Å². The molecule has 0 saturated heterocycles. The van der Waals surface area contributed by atoms with Crippen molar-refractivity contribution in [2.24, 2.45) is 5.92 Å². The van der Waals surface area contributed by atoms with Gasteiger partial charge in [0, 0.05) is 19.5 Å². The highest BCUT2D eigenvalue weighted by Gasteiger charge is 2.27. The Hall–Kier alpha value is -2.30. The number of nitrogens with one attached hydrogen (secondary N) is 1. The molecule has 1 heterocycles. The van der Waals surface area contributed by atoms with Crippen LogP contribution < -0.4 is 10.1 Å². The van der Waals surface area contributed by atoms with Gasteiger partial charge in [0.05, 0.1) is 11.7 Å². The number of para-hydroxylation sites is 1. The van der Waals surface area contributed by atoms with Gasteiger partial charge in [0.15, 0.2) is 0 Å². The SMILES string of the molecule is CC(C)[C@H]1C/C=C\C[C@@H](C)Oc2ccccc2C(=O)N(C)[C@@H](C)C(=O)N1. The summed E-state index contributed by atoms with van der Waals surface area (Å²) in [5, 5.41) is 3.09. The average molecular weight is 358 g/mol. The minimum absolute atomic E-state index is 0.0381. The van der Waals surface area contributed by atoms with Crippen LogP contribution >= 0.6 is 0 Å². The van der Waals surface area contributed by atoms with Crippen molar-refractivity contribution in [3.63, 3.8) is 0 Å². The van der Waals surface area contributed by atoms with E-state index >= 15 is 0 Å². The summed E-state index contributed by atoms with van der Waals surface area (Å²) in [7, 11) is 1.66. The van der Waals surface area contributed by atoms with Crippen LogP contribution in [0.1, 0.15) is 50.9 Å². The van der Waals surface area contributed by atoms with E-state index in [2.05, 4.69) is 31.3 Å². The predicted molar refractivity (Wildman–Crippen MR) is 103 cm³/mol. The second kappa shape index (κ2) is 8.88. The van der Waals surface area contributed by atoms with E-state index in [1.165, 1.54) is 4.90 Å². The lowest BCUT2D eigenvalue weighted by molar-refractivity contribution is -0.125. The molecule has 5 heteroatoms. The Balaban J connectivity index is 2.36. The third-order valence-electron chi connectivity index (χ3n) is 4.88. The smallest absolute Gasteiger partial charge is 0.258 e. The highest BCUT2D eigenvalue weighted by Crippen LogP contribution is 2.23. The standard InChI is InChI=1S/C21H30N2O3/c1-14(2)18-12-8-6-10-15(3)26-19-13-9-7-11-17(19)21(25)23(5)16(4)20(24)22-18/h6-9,11,13-16,18H,10,12H2,1-5H3,(H,22,24)/b8-6-/t15-,16+,18-/m1/s1. The van der Waals surface area contributed by atoms with Gasteiger partial charge in [-0.1, -0.05) is 38.1 Å². The van der Waals surface area contributed by atoms with E-state index in [-0.39, 0.29) is 24.0 Å². The summed E-state index contributed by atoms with van der Waals surface area (Å²) < 4.78 is 6.00. The minimum atomic E-state index is -0.568. The van der Waals surface area contributed by atoms with Crippen LogP contribution in [0.25, 0.3) is 0 Å². The van der Waals surface area contributed by atoms with Crippen LogP contribution in [-0.2, 0) is 4.79 Å². The summed E-state index contributed by atoms with van der Waals surface area (Å²) in [6.45, 7) is 7.91. The first-order valence-electron chi connectivity index (χ1n) is 9.29. The zero-order valence-corrected chi connectivity index (χ0v) is 16.4. The molecule has 0 aliphatic carbocycles. The van der Waals surface area contributed by atoms with Gasteiger partial charge in [-0.3, -0.25) is 9.59 Å². The number of fused-ring (bicyclic) bond motifs is 1. The zero-order valence-electron chi connectivity index (χ0n) is 16.4. The predicted octanol–water partition coefficient (Wildman–Crippen LogP) is 3.41. The van der Waals surface area contributed by atoms with Gasteiger partial charge in [0.1, 0.15) is 11.8 Å². The van der Waals surface area contributed by atoms with E-state index in [0.717, 1.165) is 12.8 Å². The molecule has 0 aromatic heterocycles. The molecule has 0 unspecified atom stereocenters. The summed E-state index contributed by atoms with van der Waals surface area (Å²) in [5.41, 5.74) is 0.475. The number of rotatable bonds is 1. The van der Waals surface area contributed by atoms with Crippen molar-refractivity contribution in [2.45, 2.75) is 58.7 Å². The molecule has 1 aromatic rings. The van der Waals surface area contributed by atoms with Crippen LogP contribution in [0, 0.1) is 5.92 Å². The van der Waals surface area contributed by atoms with E-state index in [0.29, 0.717) is 17.2 Å². The highest BCUT2D eigenvalue weighted by molar-refractivity contribution is 5.99. The zero-order chi connectivity index (χ0) is 19.3. The van der Waals surface area contributed by atoms with Crippen molar-refractivity contribution < 1.29 is 14.3 Å². The second-order valence-corrected chi connectivity index (χ2v) is 7.32. The van der Waals surface area contributed by atoms with Crippen LogP contribution in [0.3, 0.4) is 0 Å². The lowest BCUT2D eigenvalue weighted by Crippen LogP contribution is -2.50. The Morgan fingerprint density at radius 3 is 2.46 bits per heavy atom. The Labute approximate surface area is 156 Å². The highest BCUT2D eigenvalue weighted by atomic mass is 16.5. The molecule has 0 radical (unpaired) electrons. The fraction of sp³-hybridized carbons (Fsp3) is 0.524. The first kappa shape index (κ1) is 20.0. The molecule has 1 aromatic carbocycles. The first-order valence-corrected chi connectivity index (χ1v) is 9.29. The van der Waals surface area contributed by atoms with Gasteiger partial charge >= 0.3 is 0 Å². The molecule has 1 aliphatic rings. The molecule has 3 atom stereocenters. The number of carbonyl (C=O) groups is 2. The molecule has 26 heavy (non-hydrogen) atoms. The topological polar surface area (TPSA) is 58.6 Å². The van der Waals surface area contributed by atoms with Crippen molar-refractivity contribution in [1.29, 1.82) is 0 Å². The lowest BCUT2D eigenvalue weighted by atomic mass is 9.99. The Bertz CT molecular complexity index is 669. The second-order valence-electron chi connectivity index (χ2n) is 7.32. The largest absolute Gasteiger partial charge is 0.490 e. The van der Waals surface area contributed by atoms with Gasteiger partial charge in [-0.2, -0.15) is 0 Å². The van der Waals surface area contributed by atoms with Crippen molar-refractivity contribution >= 4 is 11.8 Å². The molecule has 2 rings (SSSR count). The van der Waals surface area contributed by atoms with Crippen LogP contribution in [0.5, 0.6) is 5.75 Å². The third kappa shape index (κ3) is 4.87. The maximum atomic E-state index is 12.9. The monoisotopic (exact) mass is 358 g/mol. The molecule has 2 amide bonds. The van der Waals surface area contributed by atoms with Crippen molar-refractivity contribution in [2.75, 3.05) is 7.05 Å². The minimum Gasteiger partial charge on any atom is -0.490 e. The molecule has 1 N–H and O–H groups in total. The number of carbonyl (C=O) groups excluding carboxylic acids is 2. The van der Waals surface area contributed by atoms with Crippen molar-refractivity contribution in [3.05, 3.63) is 42.0 Å². The lowest BCUT2D eigenvalue weighted by Gasteiger charge is -2.29. The molecule has 0 fully saturated rings. The quantitative estimate of drug-likeness (QED) is 0.783. The van der Waals surface area contributed by atoms with E-state index in [1.54, 1.807) is 32.2 Å². The first-order chi connectivity index (χ1) is 12.3. The number of amides is 2. The van der Waals surface area contributed by atoms with Gasteiger partial charge in [-0.05, 0) is 38.3 Å². The van der Waals surface area contributed by atoms with E-state index in [9.17, 15) is 9.59 Å². The molecule has 5 nitrogen and oxygen atoms in total. The molecular formula is C21H30N2O3. The number of nitrogens with zero attached hydrogens (tertiary/aromatic N) is 1. The molecule has 1 aliphatic heterocycles. The summed E-state index contributed by atoms with van der Waals surface area (Å²) in [6, 6.07) is 6.66. The summed E-state index contributed by atoms with van der Waals surface area (Å²) in [6.07, 6.45) is 5.64. The van der Waals surface area contributed by atoms with Gasteiger partial charge in [0.2, 0.25) is 5.91 Å². The Morgan fingerprint density at radius 1 is 1.12 bits per heavy atom. The van der Waals surface area contributed by atoms with Crippen LogP contribution in [-0.4, -0.2) is 41.9 Å². The number of benzene rings is 1. The van der Waals surface area contributed by atoms with Crippen LogP contribution in [0.15, 0.2) is 36.4 Å². The molecule has 0 saturated carbocycles. The van der Waals surface area contributed by atoms with Gasteiger partial charge in [-0.25, -0.2) is 0 Å². The van der Waals surface area contributed by atoms with E-state index in [1.807, 2.05) is 13.0 Å². The fourth-order valence-corrected chi connectivity index (χ4v) is 2.88. The van der Waals surface area contributed by atoms with Crippen molar-refractivity contribution in [1.82, 2.24) is 10.2 Å². The number of hydrogen-bond acceptors (Lipinski definition) is 3. The van der Waals surface area contributed by atoms with Crippen LogP contribution in [0.2, 0.25) is 0 Å². The molecule has 142 valence electrons. The normalized spacial score (nSPS) is 26.5. The number of likely N-dealkylation sites (N-methyl/N-ethyl adjacent to an activating group) is 1. The molecule has 0 spiro atoms. The van der Waals surface area contributed by atoms with Gasteiger partial charge in [0.25, 0.3) is 5.91 Å². The van der Waals surface area contributed by atoms with Crippen LogP contribution in [0.4, 0.5) is 0 Å². The van der Waals surface area contributed by atoms with Crippen molar-refractivity contribution in [3.8, 4) is 5.75 Å². The number of ether oxygens (including phenoxy) is 1. The van der Waals surface area contributed by atoms with E-state index < -0.39 is 6.04 Å². The Kier molecular flexibility index (Phi) is 6.83. The van der Waals surface area contributed by atoms with Gasteiger partial charge in [-0.15, -0.1) is 0 Å². The summed E-state index contributed by atoms with van der Waals surface area (Å²) in [4.78, 5) is 27.1. The maximum absolute atomic E-state index is 12.9. The summed E-state index contributed by atoms with van der Waals surface area (Å²) in [5.74, 6) is 0.495. The molecular weight excluding hydrogens is 328 g/mol. The maximum Gasteiger partial charge on any atom is 0.258 e.